The van der Waals surface area contributed by atoms with E-state index in [9.17, 15) is 14.3 Å². The molecule has 94 valence electrons. The largest absolute Gasteiger partial charge is 0.507 e. The highest BCUT2D eigenvalue weighted by Gasteiger charge is 2.20. The van der Waals surface area contributed by atoms with Crippen LogP contribution in [-0.4, -0.2) is 28.5 Å². The summed E-state index contributed by atoms with van der Waals surface area (Å²) < 4.78 is 12.8. The number of phenolic OH excluding ortho intramolecular Hbond substituents is 1. The van der Waals surface area contributed by atoms with Crippen molar-refractivity contribution in [2.45, 2.75) is 33.2 Å². The normalized spacial score (nSPS) is 10.6. The van der Waals surface area contributed by atoms with Gasteiger partial charge in [0.1, 0.15) is 11.6 Å². The number of rotatable bonds is 4. The van der Waals surface area contributed by atoms with Crippen molar-refractivity contribution < 1.29 is 14.3 Å². The summed E-state index contributed by atoms with van der Waals surface area (Å²) in [5.74, 6) is -1.12. The van der Waals surface area contributed by atoms with E-state index in [1.165, 1.54) is 12.1 Å². The van der Waals surface area contributed by atoms with Crippen LogP contribution in [0.1, 0.15) is 37.6 Å². The molecule has 1 rings (SSSR count). The fourth-order valence-electron chi connectivity index (χ4n) is 1.68. The van der Waals surface area contributed by atoms with Crippen molar-refractivity contribution in [1.29, 1.82) is 0 Å². The van der Waals surface area contributed by atoms with Crippen molar-refractivity contribution in [2.24, 2.45) is 0 Å². The van der Waals surface area contributed by atoms with E-state index in [1.54, 1.807) is 4.90 Å². The van der Waals surface area contributed by atoms with E-state index in [-0.39, 0.29) is 23.3 Å². The number of nitrogens with zero attached hydrogens (tertiary/aromatic N) is 1. The van der Waals surface area contributed by atoms with Crippen molar-refractivity contribution in [3.63, 3.8) is 0 Å². The van der Waals surface area contributed by atoms with E-state index in [4.69, 9.17) is 0 Å². The minimum absolute atomic E-state index is 0.0481. The molecule has 4 heteroatoms. The standard InChI is InChI=1S/C13H18FNO2/c1-4-7-15(9(2)3)13(17)11-6-5-10(14)8-12(11)16/h5-6,8-9,16H,4,7H2,1-3H3. The summed E-state index contributed by atoms with van der Waals surface area (Å²) >= 11 is 0. The van der Waals surface area contributed by atoms with Gasteiger partial charge in [0, 0.05) is 18.7 Å². The Balaban J connectivity index is 3.01. The first-order valence-electron chi connectivity index (χ1n) is 5.76. The second kappa shape index (κ2) is 5.66. The molecule has 0 atom stereocenters. The minimum Gasteiger partial charge on any atom is -0.507 e. The van der Waals surface area contributed by atoms with E-state index in [2.05, 4.69) is 0 Å². The van der Waals surface area contributed by atoms with Gasteiger partial charge in [0.05, 0.1) is 5.56 Å². The van der Waals surface area contributed by atoms with Gasteiger partial charge in [-0.15, -0.1) is 0 Å². The molecule has 0 saturated carbocycles. The summed E-state index contributed by atoms with van der Waals surface area (Å²) in [5, 5.41) is 9.57. The van der Waals surface area contributed by atoms with Crippen LogP contribution < -0.4 is 0 Å². The summed E-state index contributed by atoms with van der Waals surface area (Å²) in [7, 11) is 0. The van der Waals surface area contributed by atoms with Gasteiger partial charge in [-0.2, -0.15) is 0 Å². The van der Waals surface area contributed by atoms with Gasteiger partial charge >= 0.3 is 0 Å². The zero-order valence-electron chi connectivity index (χ0n) is 10.4. The molecule has 0 saturated heterocycles. The monoisotopic (exact) mass is 239 g/mol. The zero-order chi connectivity index (χ0) is 13.0. The van der Waals surface area contributed by atoms with Crippen LogP contribution >= 0.6 is 0 Å². The fourth-order valence-corrected chi connectivity index (χ4v) is 1.68. The fraction of sp³-hybridized carbons (Fsp3) is 0.462. The van der Waals surface area contributed by atoms with E-state index < -0.39 is 5.82 Å². The molecule has 0 spiro atoms. The van der Waals surface area contributed by atoms with Crippen molar-refractivity contribution in [3.05, 3.63) is 29.6 Å². The van der Waals surface area contributed by atoms with Gasteiger partial charge in [-0.25, -0.2) is 4.39 Å². The predicted molar refractivity (Wildman–Crippen MR) is 64.5 cm³/mol. The Labute approximate surface area is 101 Å². The van der Waals surface area contributed by atoms with Crippen molar-refractivity contribution in [2.75, 3.05) is 6.54 Å². The van der Waals surface area contributed by atoms with E-state index in [0.29, 0.717) is 6.54 Å². The number of halogens is 1. The molecule has 0 aliphatic carbocycles. The Kier molecular flexibility index (Phi) is 4.49. The first-order valence-corrected chi connectivity index (χ1v) is 5.76. The van der Waals surface area contributed by atoms with Crippen LogP contribution in [0.2, 0.25) is 0 Å². The maximum absolute atomic E-state index is 12.8. The highest BCUT2D eigenvalue weighted by molar-refractivity contribution is 5.97. The van der Waals surface area contributed by atoms with Gasteiger partial charge in [-0.3, -0.25) is 4.79 Å². The van der Waals surface area contributed by atoms with Gasteiger partial charge in [-0.05, 0) is 32.4 Å². The second-order valence-corrected chi connectivity index (χ2v) is 4.25. The van der Waals surface area contributed by atoms with E-state index >= 15 is 0 Å². The van der Waals surface area contributed by atoms with E-state index in [1.807, 2.05) is 20.8 Å². The number of amides is 1. The molecule has 1 aromatic carbocycles. The third-order valence-corrected chi connectivity index (χ3v) is 2.54. The Morgan fingerprint density at radius 3 is 2.59 bits per heavy atom. The van der Waals surface area contributed by atoms with Crippen LogP contribution in [0.4, 0.5) is 4.39 Å². The highest BCUT2D eigenvalue weighted by atomic mass is 19.1. The lowest BCUT2D eigenvalue weighted by Crippen LogP contribution is -2.37. The number of hydrogen-bond acceptors (Lipinski definition) is 2. The zero-order valence-corrected chi connectivity index (χ0v) is 10.4. The van der Waals surface area contributed by atoms with Crippen LogP contribution in [0.3, 0.4) is 0 Å². The minimum atomic E-state index is -0.550. The van der Waals surface area contributed by atoms with Crippen LogP contribution in [0.15, 0.2) is 18.2 Å². The molecular formula is C13H18FNO2. The molecule has 1 aromatic rings. The van der Waals surface area contributed by atoms with Crippen molar-refractivity contribution in [3.8, 4) is 5.75 Å². The molecule has 1 amide bonds. The molecular weight excluding hydrogens is 221 g/mol. The average molecular weight is 239 g/mol. The lowest BCUT2D eigenvalue weighted by Gasteiger charge is -2.26. The summed E-state index contributed by atoms with van der Waals surface area (Å²) in [6.07, 6.45) is 0.839. The Morgan fingerprint density at radius 2 is 2.12 bits per heavy atom. The van der Waals surface area contributed by atoms with Crippen LogP contribution in [0, 0.1) is 5.82 Å². The molecule has 3 nitrogen and oxygen atoms in total. The van der Waals surface area contributed by atoms with Crippen molar-refractivity contribution >= 4 is 5.91 Å². The molecule has 0 aliphatic rings. The maximum atomic E-state index is 12.8. The van der Waals surface area contributed by atoms with Gasteiger partial charge < -0.3 is 10.0 Å². The van der Waals surface area contributed by atoms with Crippen LogP contribution in [-0.2, 0) is 0 Å². The van der Waals surface area contributed by atoms with Gasteiger partial charge in [-0.1, -0.05) is 6.92 Å². The first kappa shape index (κ1) is 13.5. The van der Waals surface area contributed by atoms with Gasteiger partial charge in [0.2, 0.25) is 0 Å². The van der Waals surface area contributed by atoms with Crippen LogP contribution in [0.5, 0.6) is 5.75 Å². The maximum Gasteiger partial charge on any atom is 0.257 e. The lowest BCUT2D eigenvalue weighted by molar-refractivity contribution is 0.0703. The Morgan fingerprint density at radius 1 is 1.47 bits per heavy atom. The molecule has 0 bridgehead atoms. The van der Waals surface area contributed by atoms with Crippen LogP contribution in [0.25, 0.3) is 0 Å². The topological polar surface area (TPSA) is 40.5 Å². The van der Waals surface area contributed by atoms with Gasteiger partial charge in [0.25, 0.3) is 5.91 Å². The molecule has 0 heterocycles. The van der Waals surface area contributed by atoms with E-state index in [0.717, 1.165) is 12.5 Å². The molecule has 0 unspecified atom stereocenters. The third-order valence-electron chi connectivity index (χ3n) is 2.54. The summed E-state index contributed by atoms with van der Waals surface area (Å²) in [6, 6.07) is 3.50. The van der Waals surface area contributed by atoms with Crippen molar-refractivity contribution in [1.82, 2.24) is 4.90 Å². The smallest absolute Gasteiger partial charge is 0.257 e. The number of benzene rings is 1. The molecule has 1 N–H and O–H groups in total. The number of carbonyl (C=O) groups is 1. The molecule has 17 heavy (non-hydrogen) atoms. The SMILES string of the molecule is CCCN(C(=O)c1ccc(F)cc1O)C(C)C. The molecule has 0 aliphatic heterocycles. The molecule has 0 fully saturated rings. The highest BCUT2D eigenvalue weighted by Crippen LogP contribution is 2.21. The molecule has 0 aromatic heterocycles. The van der Waals surface area contributed by atoms with Gasteiger partial charge in [0.15, 0.2) is 0 Å². The summed E-state index contributed by atoms with van der Waals surface area (Å²) in [4.78, 5) is 13.8. The summed E-state index contributed by atoms with van der Waals surface area (Å²) in [5.41, 5.74) is 0.147. The number of carbonyl (C=O) groups excluding carboxylic acids is 1. The lowest BCUT2D eigenvalue weighted by atomic mass is 10.1. The Bertz CT molecular complexity index is 404. The predicted octanol–water partition coefficient (Wildman–Crippen LogP) is 2.79. The Hall–Kier alpha value is -1.58. The quantitative estimate of drug-likeness (QED) is 0.877. The number of phenols is 1. The second-order valence-electron chi connectivity index (χ2n) is 4.25. The third kappa shape index (κ3) is 3.19. The average Bonchev–Trinajstić information content (AvgIpc) is 2.24. The first-order chi connectivity index (χ1) is 7.97. The molecule has 0 radical (unpaired) electrons. The summed E-state index contributed by atoms with van der Waals surface area (Å²) in [6.45, 7) is 6.42. The number of hydrogen-bond donors (Lipinski definition) is 1. The number of aromatic hydroxyl groups is 1.